The molecule has 3 heterocycles. The van der Waals surface area contributed by atoms with Gasteiger partial charge >= 0.3 is 0 Å². The van der Waals surface area contributed by atoms with Gasteiger partial charge in [-0.25, -0.2) is 9.67 Å². The van der Waals surface area contributed by atoms with Gasteiger partial charge in [0.25, 0.3) is 5.91 Å². The molecular formula is C20H19ClN4O. The maximum atomic E-state index is 12.7. The van der Waals surface area contributed by atoms with Gasteiger partial charge in [-0.15, -0.1) is 0 Å². The Balaban J connectivity index is 1.61. The minimum absolute atomic E-state index is 0.0284. The number of hydrogen-bond acceptors (Lipinski definition) is 3. The summed E-state index contributed by atoms with van der Waals surface area (Å²) in [6, 6.07) is 9.73. The van der Waals surface area contributed by atoms with Crippen LogP contribution in [0.25, 0.3) is 5.69 Å². The third kappa shape index (κ3) is 2.99. The first kappa shape index (κ1) is 16.8. The molecule has 1 aliphatic heterocycles. The van der Waals surface area contributed by atoms with Crippen molar-refractivity contribution in [2.75, 3.05) is 6.54 Å². The van der Waals surface area contributed by atoms with Crippen LogP contribution in [-0.4, -0.2) is 32.1 Å². The van der Waals surface area contributed by atoms with Crippen molar-refractivity contribution in [1.29, 1.82) is 0 Å². The van der Waals surface area contributed by atoms with Crippen molar-refractivity contribution < 1.29 is 4.79 Å². The summed E-state index contributed by atoms with van der Waals surface area (Å²) in [7, 11) is 0. The lowest BCUT2D eigenvalue weighted by Crippen LogP contribution is -2.36. The van der Waals surface area contributed by atoms with Crippen LogP contribution >= 0.6 is 11.6 Å². The Kier molecular flexibility index (Phi) is 4.24. The Bertz CT molecular complexity index is 978. The molecule has 3 aromatic rings. The zero-order valence-electron chi connectivity index (χ0n) is 14.7. The molecule has 26 heavy (non-hydrogen) atoms. The first-order valence-corrected chi connectivity index (χ1v) is 8.95. The van der Waals surface area contributed by atoms with Crippen LogP contribution in [0, 0.1) is 13.8 Å². The summed E-state index contributed by atoms with van der Waals surface area (Å²) in [6.45, 7) is 5.39. The molecule has 0 atom stereocenters. The Morgan fingerprint density at radius 2 is 2.00 bits per heavy atom. The van der Waals surface area contributed by atoms with Crippen molar-refractivity contribution in [2.24, 2.45) is 0 Å². The fourth-order valence-electron chi connectivity index (χ4n) is 3.35. The van der Waals surface area contributed by atoms with E-state index in [-0.39, 0.29) is 5.91 Å². The molecule has 6 heteroatoms. The molecule has 2 aromatic heterocycles. The molecule has 1 aromatic carbocycles. The maximum Gasteiger partial charge on any atom is 0.255 e. The van der Waals surface area contributed by atoms with E-state index in [1.54, 1.807) is 12.1 Å². The van der Waals surface area contributed by atoms with E-state index in [2.05, 4.69) is 42.1 Å². The summed E-state index contributed by atoms with van der Waals surface area (Å²) in [4.78, 5) is 18.6. The molecule has 1 amide bonds. The van der Waals surface area contributed by atoms with E-state index in [4.69, 9.17) is 11.6 Å². The van der Waals surface area contributed by atoms with Gasteiger partial charge in [-0.1, -0.05) is 23.7 Å². The van der Waals surface area contributed by atoms with Crippen molar-refractivity contribution >= 4 is 17.5 Å². The molecule has 0 aliphatic carbocycles. The average Bonchev–Trinajstić information content (AvgIpc) is 3.07. The number of aromatic nitrogens is 3. The minimum atomic E-state index is -0.0284. The largest absolute Gasteiger partial charge is 0.334 e. The summed E-state index contributed by atoms with van der Waals surface area (Å²) in [5.74, 6) is -0.0284. The predicted molar refractivity (Wildman–Crippen MR) is 101 cm³/mol. The molecule has 132 valence electrons. The van der Waals surface area contributed by atoms with Gasteiger partial charge in [-0.3, -0.25) is 4.79 Å². The quantitative estimate of drug-likeness (QED) is 0.649. The number of amides is 1. The van der Waals surface area contributed by atoms with Crippen LogP contribution in [0.1, 0.15) is 32.7 Å². The second kappa shape index (κ2) is 6.57. The van der Waals surface area contributed by atoms with Crippen molar-refractivity contribution in [1.82, 2.24) is 19.7 Å². The van der Waals surface area contributed by atoms with E-state index < -0.39 is 0 Å². The van der Waals surface area contributed by atoms with Gasteiger partial charge in [0.15, 0.2) is 0 Å². The van der Waals surface area contributed by atoms with Crippen LogP contribution in [0.2, 0.25) is 5.15 Å². The second-order valence-corrected chi connectivity index (χ2v) is 7.05. The van der Waals surface area contributed by atoms with Crippen LogP contribution in [0.3, 0.4) is 0 Å². The van der Waals surface area contributed by atoms with E-state index >= 15 is 0 Å². The van der Waals surface area contributed by atoms with E-state index in [0.717, 1.165) is 17.7 Å². The minimum Gasteiger partial charge on any atom is -0.334 e. The highest BCUT2D eigenvalue weighted by Crippen LogP contribution is 2.25. The zero-order chi connectivity index (χ0) is 18.3. The third-order valence-electron chi connectivity index (χ3n) is 4.79. The molecule has 0 radical (unpaired) electrons. The fraction of sp³-hybridized carbons (Fsp3) is 0.250. The van der Waals surface area contributed by atoms with Crippen LogP contribution in [0.15, 0.2) is 42.7 Å². The number of halogens is 1. The lowest BCUT2D eigenvalue weighted by Gasteiger charge is -2.27. The maximum absolute atomic E-state index is 12.7. The van der Waals surface area contributed by atoms with Crippen molar-refractivity contribution in [3.63, 3.8) is 0 Å². The second-order valence-electron chi connectivity index (χ2n) is 6.66. The molecule has 0 fully saturated rings. The summed E-state index contributed by atoms with van der Waals surface area (Å²) >= 11 is 5.81. The average molecular weight is 367 g/mol. The van der Waals surface area contributed by atoms with Gasteiger partial charge in [0.1, 0.15) is 5.15 Å². The third-order valence-corrected chi connectivity index (χ3v) is 5.01. The highest BCUT2D eigenvalue weighted by atomic mass is 35.5. The number of rotatable bonds is 2. The van der Waals surface area contributed by atoms with E-state index in [9.17, 15) is 4.79 Å². The zero-order valence-corrected chi connectivity index (χ0v) is 15.5. The molecule has 5 nitrogen and oxygen atoms in total. The van der Waals surface area contributed by atoms with Crippen LogP contribution < -0.4 is 0 Å². The molecule has 0 saturated heterocycles. The summed E-state index contributed by atoms with van der Waals surface area (Å²) in [5.41, 5.74) is 6.32. The number of aryl methyl sites for hydroxylation is 2. The standard InChI is InChI=1S/C20H19ClN4O/c1-13-3-4-14(2)18(9-13)25-17-7-8-24(12-16(17)11-23-25)20(26)15-5-6-19(21)22-10-15/h3-6,9-11H,7-8,12H2,1-2H3. The highest BCUT2D eigenvalue weighted by Gasteiger charge is 2.25. The van der Waals surface area contributed by atoms with Crippen molar-refractivity contribution in [3.8, 4) is 5.69 Å². The topological polar surface area (TPSA) is 51.0 Å². The Morgan fingerprint density at radius 1 is 1.15 bits per heavy atom. The van der Waals surface area contributed by atoms with Gasteiger partial charge < -0.3 is 4.90 Å². The molecular weight excluding hydrogens is 348 g/mol. The van der Waals surface area contributed by atoms with Crippen LogP contribution in [-0.2, 0) is 13.0 Å². The lowest BCUT2D eigenvalue weighted by molar-refractivity contribution is 0.0733. The molecule has 0 N–H and O–H groups in total. The first-order chi connectivity index (χ1) is 12.5. The molecule has 0 unspecified atom stereocenters. The number of pyridine rings is 1. The van der Waals surface area contributed by atoms with Gasteiger partial charge in [0.05, 0.1) is 23.1 Å². The Labute approximate surface area is 157 Å². The monoisotopic (exact) mass is 366 g/mol. The van der Waals surface area contributed by atoms with Crippen LogP contribution in [0.5, 0.6) is 0 Å². The normalized spacial score (nSPS) is 13.6. The number of benzene rings is 1. The van der Waals surface area contributed by atoms with Crippen molar-refractivity contribution in [2.45, 2.75) is 26.8 Å². The summed E-state index contributed by atoms with van der Waals surface area (Å²) in [6.07, 6.45) is 4.17. The van der Waals surface area contributed by atoms with Crippen LogP contribution in [0.4, 0.5) is 0 Å². The molecule has 1 aliphatic rings. The van der Waals surface area contributed by atoms with E-state index in [1.165, 1.54) is 23.0 Å². The lowest BCUT2D eigenvalue weighted by atomic mass is 10.1. The van der Waals surface area contributed by atoms with E-state index in [1.807, 2.05) is 15.8 Å². The number of fused-ring (bicyclic) bond motifs is 1. The molecule has 0 bridgehead atoms. The van der Waals surface area contributed by atoms with Gasteiger partial charge in [0, 0.05) is 31.3 Å². The fourth-order valence-corrected chi connectivity index (χ4v) is 3.46. The SMILES string of the molecule is Cc1ccc(C)c(-n2ncc3c2CCN(C(=O)c2ccc(Cl)nc2)C3)c1. The molecule has 0 saturated carbocycles. The summed E-state index contributed by atoms with van der Waals surface area (Å²) < 4.78 is 2.02. The van der Waals surface area contributed by atoms with Gasteiger partial charge in [0.2, 0.25) is 0 Å². The smallest absolute Gasteiger partial charge is 0.255 e. The van der Waals surface area contributed by atoms with Crippen molar-refractivity contribution in [3.05, 3.63) is 75.8 Å². The number of carbonyl (C=O) groups is 1. The Hall–Kier alpha value is -2.66. The predicted octanol–water partition coefficient (Wildman–Crippen LogP) is 3.74. The summed E-state index contributed by atoms with van der Waals surface area (Å²) in [5, 5.41) is 4.98. The highest BCUT2D eigenvalue weighted by molar-refractivity contribution is 6.29. The first-order valence-electron chi connectivity index (χ1n) is 8.57. The number of nitrogens with zero attached hydrogens (tertiary/aromatic N) is 4. The number of carbonyl (C=O) groups excluding carboxylic acids is 1. The van der Waals surface area contributed by atoms with Gasteiger partial charge in [-0.2, -0.15) is 5.10 Å². The molecule has 4 rings (SSSR count). The Morgan fingerprint density at radius 3 is 2.77 bits per heavy atom. The van der Waals surface area contributed by atoms with Gasteiger partial charge in [-0.05, 0) is 43.2 Å². The molecule has 0 spiro atoms. The van der Waals surface area contributed by atoms with E-state index in [0.29, 0.717) is 23.8 Å². The number of hydrogen-bond donors (Lipinski definition) is 0.